The van der Waals surface area contributed by atoms with Gasteiger partial charge in [0.15, 0.2) is 0 Å². The third-order valence-electron chi connectivity index (χ3n) is 4.03. The molecule has 1 aromatic rings. The van der Waals surface area contributed by atoms with Crippen molar-refractivity contribution in [1.82, 2.24) is 4.90 Å². The summed E-state index contributed by atoms with van der Waals surface area (Å²) in [5, 5.41) is 12.2. The Bertz CT molecular complexity index is 507. The molecule has 0 aliphatic carbocycles. The van der Waals surface area contributed by atoms with E-state index < -0.39 is 0 Å². The van der Waals surface area contributed by atoms with Crippen LogP contribution < -0.4 is 15.8 Å². The van der Waals surface area contributed by atoms with Crippen LogP contribution in [0.2, 0.25) is 0 Å². The third-order valence-corrected chi connectivity index (χ3v) is 4.03. The van der Waals surface area contributed by atoms with Crippen molar-refractivity contribution in [2.24, 2.45) is 5.92 Å². The number of carbonyl (C=O) groups is 1. The molecule has 0 aromatic heterocycles. The standard InChI is InChI=1S/C15H23N3O3/c1-10-5-6-18(13(10)9-19)8-15(20)17-12-4-3-11(16)7-14(12)21-2/h3-4,7,10,13,19H,5-6,8-9,16H2,1-2H3,(H,17,20). The Morgan fingerprint density at radius 2 is 2.33 bits per heavy atom. The van der Waals surface area contributed by atoms with Crippen LogP contribution in [0.15, 0.2) is 18.2 Å². The molecule has 116 valence electrons. The first-order valence-corrected chi connectivity index (χ1v) is 7.13. The van der Waals surface area contributed by atoms with Gasteiger partial charge in [0, 0.05) is 17.8 Å². The summed E-state index contributed by atoms with van der Waals surface area (Å²) >= 11 is 0. The predicted octanol–water partition coefficient (Wildman–Crippen LogP) is 0.919. The van der Waals surface area contributed by atoms with Crippen LogP contribution in [-0.4, -0.2) is 48.8 Å². The number of rotatable bonds is 5. The van der Waals surface area contributed by atoms with Gasteiger partial charge >= 0.3 is 0 Å². The Kier molecular flexibility index (Phi) is 5.03. The number of likely N-dealkylation sites (tertiary alicyclic amines) is 1. The van der Waals surface area contributed by atoms with Crippen LogP contribution in [0, 0.1) is 5.92 Å². The van der Waals surface area contributed by atoms with Gasteiger partial charge in [0.05, 0.1) is 25.9 Å². The highest BCUT2D eigenvalue weighted by atomic mass is 16.5. The first kappa shape index (κ1) is 15.6. The van der Waals surface area contributed by atoms with E-state index >= 15 is 0 Å². The van der Waals surface area contributed by atoms with Gasteiger partial charge in [-0.15, -0.1) is 0 Å². The molecule has 0 spiro atoms. The van der Waals surface area contributed by atoms with Crippen LogP contribution in [-0.2, 0) is 4.79 Å². The predicted molar refractivity (Wildman–Crippen MR) is 82.3 cm³/mol. The maximum absolute atomic E-state index is 12.2. The van der Waals surface area contributed by atoms with Gasteiger partial charge in [0.1, 0.15) is 5.75 Å². The van der Waals surface area contributed by atoms with Crippen molar-refractivity contribution in [2.45, 2.75) is 19.4 Å². The highest BCUT2D eigenvalue weighted by molar-refractivity contribution is 5.94. The molecule has 0 bridgehead atoms. The van der Waals surface area contributed by atoms with Crippen LogP contribution in [0.5, 0.6) is 5.75 Å². The second-order valence-electron chi connectivity index (χ2n) is 5.49. The number of amides is 1. The molecule has 6 heteroatoms. The topological polar surface area (TPSA) is 87.8 Å². The average Bonchev–Trinajstić information content (AvgIpc) is 2.80. The number of hydrogen-bond donors (Lipinski definition) is 3. The fourth-order valence-corrected chi connectivity index (χ4v) is 2.76. The van der Waals surface area contributed by atoms with Crippen molar-refractivity contribution >= 4 is 17.3 Å². The van der Waals surface area contributed by atoms with Crippen molar-refractivity contribution in [3.05, 3.63) is 18.2 Å². The molecule has 1 heterocycles. The van der Waals surface area contributed by atoms with Gasteiger partial charge in [0.2, 0.25) is 5.91 Å². The van der Waals surface area contributed by atoms with Crippen molar-refractivity contribution in [1.29, 1.82) is 0 Å². The molecular formula is C15H23N3O3. The maximum Gasteiger partial charge on any atom is 0.238 e. The summed E-state index contributed by atoms with van der Waals surface area (Å²) < 4.78 is 5.21. The number of benzene rings is 1. The van der Waals surface area contributed by atoms with E-state index in [1.54, 1.807) is 18.2 Å². The van der Waals surface area contributed by atoms with E-state index in [1.165, 1.54) is 7.11 Å². The number of ether oxygens (including phenoxy) is 1. The molecule has 21 heavy (non-hydrogen) atoms. The lowest BCUT2D eigenvalue weighted by molar-refractivity contribution is -0.117. The summed E-state index contributed by atoms with van der Waals surface area (Å²) in [5.74, 6) is 0.830. The van der Waals surface area contributed by atoms with Crippen LogP contribution in [0.25, 0.3) is 0 Å². The van der Waals surface area contributed by atoms with Gasteiger partial charge in [0.25, 0.3) is 0 Å². The highest BCUT2D eigenvalue weighted by Gasteiger charge is 2.31. The van der Waals surface area contributed by atoms with Gasteiger partial charge in [-0.1, -0.05) is 6.92 Å². The quantitative estimate of drug-likeness (QED) is 0.703. The van der Waals surface area contributed by atoms with Crippen molar-refractivity contribution in [2.75, 3.05) is 37.9 Å². The largest absolute Gasteiger partial charge is 0.494 e. The minimum atomic E-state index is -0.120. The van der Waals surface area contributed by atoms with E-state index in [0.29, 0.717) is 23.0 Å². The third kappa shape index (κ3) is 3.65. The fraction of sp³-hybridized carbons (Fsp3) is 0.533. The molecule has 2 unspecified atom stereocenters. The number of nitrogens with two attached hydrogens (primary N) is 1. The normalized spacial score (nSPS) is 22.2. The number of nitrogens with zero attached hydrogens (tertiary/aromatic N) is 1. The highest BCUT2D eigenvalue weighted by Crippen LogP contribution is 2.27. The summed E-state index contributed by atoms with van der Waals surface area (Å²) in [7, 11) is 1.54. The van der Waals surface area contributed by atoms with Crippen LogP contribution >= 0.6 is 0 Å². The van der Waals surface area contributed by atoms with E-state index in [9.17, 15) is 9.90 Å². The Balaban J connectivity index is 1.99. The number of hydrogen-bond acceptors (Lipinski definition) is 5. The first-order valence-electron chi connectivity index (χ1n) is 7.13. The van der Waals surface area contributed by atoms with E-state index in [0.717, 1.165) is 13.0 Å². The number of anilines is 2. The van der Waals surface area contributed by atoms with Gasteiger partial charge in [-0.05, 0) is 31.0 Å². The molecule has 1 aliphatic rings. The van der Waals surface area contributed by atoms with Crippen LogP contribution in [0.4, 0.5) is 11.4 Å². The summed E-state index contributed by atoms with van der Waals surface area (Å²) in [6.45, 7) is 3.28. The minimum absolute atomic E-state index is 0.0593. The number of methoxy groups -OCH3 is 1. The second kappa shape index (κ2) is 6.78. The molecule has 1 aromatic carbocycles. The summed E-state index contributed by atoms with van der Waals surface area (Å²) in [4.78, 5) is 14.2. The first-order chi connectivity index (χ1) is 10.0. The maximum atomic E-state index is 12.2. The zero-order valence-corrected chi connectivity index (χ0v) is 12.5. The molecule has 1 amide bonds. The van der Waals surface area contributed by atoms with E-state index in [1.807, 2.05) is 4.90 Å². The van der Waals surface area contributed by atoms with Crippen LogP contribution in [0.3, 0.4) is 0 Å². The Hall–Kier alpha value is -1.79. The minimum Gasteiger partial charge on any atom is -0.494 e. The summed E-state index contributed by atoms with van der Waals surface area (Å²) in [6, 6.07) is 5.17. The average molecular weight is 293 g/mol. The van der Waals surface area contributed by atoms with E-state index in [-0.39, 0.29) is 25.1 Å². The van der Waals surface area contributed by atoms with Crippen molar-refractivity contribution in [3.63, 3.8) is 0 Å². The van der Waals surface area contributed by atoms with Gasteiger partial charge in [-0.3, -0.25) is 9.69 Å². The molecular weight excluding hydrogens is 270 g/mol. The second-order valence-corrected chi connectivity index (χ2v) is 5.49. The number of carbonyl (C=O) groups excluding carboxylic acids is 1. The lowest BCUT2D eigenvalue weighted by Gasteiger charge is -2.24. The van der Waals surface area contributed by atoms with Gasteiger partial charge in [-0.2, -0.15) is 0 Å². The molecule has 2 atom stereocenters. The number of nitrogens with one attached hydrogen (secondary N) is 1. The van der Waals surface area contributed by atoms with Gasteiger partial charge in [-0.25, -0.2) is 0 Å². The lowest BCUT2D eigenvalue weighted by Crippen LogP contribution is -2.40. The lowest BCUT2D eigenvalue weighted by atomic mass is 10.0. The zero-order valence-electron chi connectivity index (χ0n) is 12.5. The molecule has 1 fully saturated rings. The molecule has 1 aliphatic heterocycles. The van der Waals surface area contributed by atoms with Crippen LogP contribution in [0.1, 0.15) is 13.3 Å². The Morgan fingerprint density at radius 3 is 3.00 bits per heavy atom. The number of aliphatic hydroxyl groups is 1. The smallest absolute Gasteiger partial charge is 0.238 e. The van der Waals surface area contributed by atoms with Crippen molar-refractivity contribution < 1.29 is 14.6 Å². The molecule has 1 saturated heterocycles. The van der Waals surface area contributed by atoms with E-state index in [2.05, 4.69) is 12.2 Å². The Morgan fingerprint density at radius 1 is 1.57 bits per heavy atom. The molecule has 2 rings (SSSR count). The van der Waals surface area contributed by atoms with Gasteiger partial charge < -0.3 is 20.9 Å². The SMILES string of the molecule is COc1cc(N)ccc1NC(=O)CN1CCC(C)C1CO. The monoisotopic (exact) mass is 293 g/mol. The Labute approximate surface area is 124 Å². The van der Waals surface area contributed by atoms with E-state index in [4.69, 9.17) is 10.5 Å². The number of aliphatic hydroxyl groups excluding tert-OH is 1. The van der Waals surface area contributed by atoms with Crippen molar-refractivity contribution in [3.8, 4) is 5.75 Å². The number of nitrogen functional groups attached to an aromatic ring is 1. The molecule has 0 saturated carbocycles. The summed E-state index contributed by atoms with van der Waals surface area (Å²) in [5.41, 5.74) is 6.87. The molecule has 0 radical (unpaired) electrons. The summed E-state index contributed by atoms with van der Waals surface area (Å²) in [6.07, 6.45) is 1.00. The molecule has 4 N–H and O–H groups in total. The molecule has 6 nitrogen and oxygen atoms in total. The zero-order chi connectivity index (χ0) is 15.4. The fourth-order valence-electron chi connectivity index (χ4n) is 2.76.